The maximum Gasteiger partial charge on any atom is 0.332 e. The standard InChI is InChI=1S/C25H41FO2/c1-2-3-4-5-6-7-8-9-10-11-12-13-14-15-16-17-22-28-24-20-18-23(19-21-24)25(26)27/h18-21H,2-17,22H2,1H3. The Kier molecular flexibility index (Phi) is 15.6. The van der Waals surface area contributed by atoms with Crippen LogP contribution in [-0.4, -0.2) is 12.6 Å². The Labute approximate surface area is 172 Å². The zero-order valence-corrected chi connectivity index (χ0v) is 18.0. The van der Waals surface area contributed by atoms with E-state index >= 15 is 0 Å². The van der Waals surface area contributed by atoms with Gasteiger partial charge in [-0.15, -0.1) is 0 Å². The summed E-state index contributed by atoms with van der Waals surface area (Å²) in [5, 5.41) is 0. The summed E-state index contributed by atoms with van der Waals surface area (Å²) in [6.45, 7) is 2.96. The fourth-order valence-corrected chi connectivity index (χ4v) is 3.52. The average Bonchev–Trinajstić information content (AvgIpc) is 2.70. The van der Waals surface area contributed by atoms with Crippen molar-refractivity contribution in [1.29, 1.82) is 0 Å². The van der Waals surface area contributed by atoms with Crippen LogP contribution in [0.5, 0.6) is 5.75 Å². The lowest BCUT2D eigenvalue weighted by Gasteiger charge is -2.06. The van der Waals surface area contributed by atoms with Crippen LogP contribution in [0.1, 0.15) is 120 Å². The van der Waals surface area contributed by atoms with Gasteiger partial charge in [0.2, 0.25) is 0 Å². The van der Waals surface area contributed by atoms with Gasteiger partial charge in [-0.25, -0.2) is 0 Å². The molecule has 2 nitrogen and oxygen atoms in total. The molecule has 0 amide bonds. The number of hydrogen-bond acceptors (Lipinski definition) is 2. The minimum atomic E-state index is -1.40. The zero-order chi connectivity index (χ0) is 20.3. The van der Waals surface area contributed by atoms with E-state index in [0.29, 0.717) is 12.4 Å². The van der Waals surface area contributed by atoms with E-state index in [1.807, 2.05) is 0 Å². The summed E-state index contributed by atoms with van der Waals surface area (Å²) in [7, 11) is 0. The van der Waals surface area contributed by atoms with Crippen molar-refractivity contribution in [3.8, 4) is 5.75 Å². The van der Waals surface area contributed by atoms with Gasteiger partial charge in [0.15, 0.2) is 0 Å². The van der Waals surface area contributed by atoms with Gasteiger partial charge in [0.05, 0.1) is 12.2 Å². The summed E-state index contributed by atoms with van der Waals surface area (Å²) in [6, 6.07) is 4.83. The molecule has 0 unspecified atom stereocenters. The van der Waals surface area contributed by atoms with Crippen molar-refractivity contribution in [2.24, 2.45) is 0 Å². The highest BCUT2D eigenvalue weighted by atomic mass is 19.1. The molecule has 28 heavy (non-hydrogen) atoms. The highest BCUT2D eigenvalue weighted by Crippen LogP contribution is 2.15. The molecule has 3 heteroatoms. The van der Waals surface area contributed by atoms with Crippen LogP contribution in [0.15, 0.2) is 24.3 Å². The van der Waals surface area contributed by atoms with Gasteiger partial charge >= 0.3 is 6.04 Å². The molecular weight excluding hydrogens is 351 g/mol. The molecule has 0 N–H and O–H groups in total. The third kappa shape index (κ3) is 13.7. The third-order valence-corrected chi connectivity index (χ3v) is 5.35. The Bertz CT molecular complexity index is 484. The summed E-state index contributed by atoms with van der Waals surface area (Å²) in [6.07, 6.45) is 21.7. The minimum absolute atomic E-state index is 0.0785. The lowest BCUT2D eigenvalue weighted by atomic mass is 10.0. The molecule has 160 valence electrons. The molecule has 0 saturated heterocycles. The van der Waals surface area contributed by atoms with Crippen molar-refractivity contribution in [3.63, 3.8) is 0 Å². The molecule has 1 aromatic rings. The van der Waals surface area contributed by atoms with Crippen molar-refractivity contribution < 1.29 is 13.9 Å². The lowest BCUT2D eigenvalue weighted by molar-refractivity contribution is 0.0836. The molecule has 0 fully saturated rings. The highest BCUT2D eigenvalue weighted by molar-refractivity contribution is 5.88. The first-order valence-electron chi connectivity index (χ1n) is 11.7. The molecule has 0 aliphatic rings. The first-order valence-corrected chi connectivity index (χ1v) is 11.7. The second-order valence-electron chi connectivity index (χ2n) is 7.95. The Morgan fingerprint density at radius 2 is 1.07 bits per heavy atom. The second kappa shape index (κ2) is 17.7. The fourth-order valence-electron chi connectivity index (χ4n) is 3.52. The average molecular weight is 393 g/mol. The molecule has 0 spiro atoms. The third-order valence-electron chi connectivity index (χ3n) is 5.35. The summed E-state index contributed by atoms with van der Waals surface area (Å²) >= 11 is 0. The van der Waals surface area contributed by atoms with Crippen LogP contribution in [-0.2, 0) is 0 Å². The number of halogens is 1. The number of ether oxygens (including phenoxy) is 1. The van der Waals surface area contributed by atoms with Gasteiger partial charge in [-0.05, 0) is 30.7 Å². The maximum absolute atomic E-state index is 12.5. The van der Waals surface area contributed by atoms with Crippen LogP contribution in [0.2, 0.25) is 0 Å². The number of hydrogen-bond donors (Lipinski definition) is 0. The van der Waals surface area contributed by atoms with Gasteiger partial charge in [0.1, 0.15) is 5.75 Å². The van der Waals surface area contributed by atoms with Gasteiger partial charge in [-0.1, -0.05) is 103 Å². The van der Waals surface area contributed by atoms with Gasteiger partial charge in [-0.3, -0.25) is 4.79 Å². The predicted molar refractivity (Wildman–Crippen MR) is 117 cm³/mol. The summed E-state index contributed by atoms with van der Waals surface area (Å²) < 4.78 is 18.1. The lowest BCUT2D eigenvalue weighted by Crippen LogP contribution is -1.98. The number of unbranched alkanes of at least 4 members (excludes halogenated alkanes) is 15. The number of carbonyl (C=O) groups is 1. The van der Waals surface area contributed by atoms with Gasteiger partial charge in [-0.2, -0.15) is 4.39 Å². The molecule has 0 saturated carbocycles. The first kappa shape index (κ1) is 24.7. The molecule has 1 aromatic carbocycles. The normalized spacial score (nSPS) is 10.9. The molecule has 1 rings (SSSR count). The Morgan fingerprint density at radius 1 is 0.679 bits per heavy atom. The van der Waals surface area contributed by atoms with E-state index in [-0.39, 0.29) is 5.56 Å². The fraction of sp³-hybridized carbons (Fsp3) is 0.720. The van der Waals surface area contributed by atoms with Gasteiger partial charge < -0.3 is 4.74 Å². The van der Waals surface area contributed by atoms with E-state index in [0.717, 1.165) is 6.42 Å². The molecule has 0 heterocycles. The van der Waals surface area contributed by atoms with Gasteiger partial charge in [0, 0.05) is 0 Å². The Balaban J connectivity index is 1.79. The maximum atomic E-state index is 12.5. The van der Waals surface area contributed by atoms with Gasteiger partial charge in [0.25, 0.3) is 0 Å². The van der Waals surface area contributed by atoms with Crippen molar-refractivity contribution in [2.75, 3.05) is 6.61 Å². The van der Waals surface area contributed by atoms with Crippen LogP contribution >= 0.6 is 0 Å². The quantitative estimate of drug-likeness (QED) is 0.174. The Hall–Kier alpha value is -1.38. The number of carbonyl (C=O) groups excluding carboxylic acids is 1. The summed E-state index contributed by atoms with van der Waals surface area (Å²) in [5.74, 6) is 0.700. The summed E-state index contributed by atoms with van der Waals surface area (Å²) in [4.78, 5) is 10.6. The number of benzene rings is 1. The van der Waals surface area contributed by atoms with Crippen molar-refractivity contribution in [3.05, 3.63) is 29.8 Å². The van der Waals surface area contributed by atoms with Crippen LogP contribution in [0.25, 0.3) is 0 Å². The molecule has 0 aliphatic carbocycles. The summed E-state index contributed by atoms with van der Waals surface area (Å²) in [5.41, 5.74) is 0.0785. The Morgan fingerprint density at radius 3 is 1.46 bits per heavy atom. The van der Waals surface area contributed by atoms with Crippen molar-refractivity contribution in [1.82, 2.24) is 0 Å². The van der Waals surface area contributed by atoms with Crippen LogP contribution < -0.4 is 4.74 Å². The van der Waals surface area contributed by atoms with E-state index in [9.17, 15) is 9.18 Å². The van der Waals surface area contributed by atoms with Crippen LogP contribution in [0, 0.1) is 0 Å². The van der Waals surface area contributed by atoms with E-state index in [1.165, 1.54) is 108 Å². The van der Waals surface area contributed by atoms with E-state index in [2.05, 4.69) is 6.92 Å². The van der Waals surface area contributed by atoms with Crippen molar-refractivity contribution in [2.45, 2.75) is 110 Å². The largest absolute Gasteiger partial charge is 0.494 e. The SMILES string of the molecule is CCCCCCCCCCCCCCCCCCOc1ccc(C(=O)F)cc1. The van der Waals surface area contributed by atoms with E-state index in [4.69, 9.17) is 4.74 Å². The monoisotopic (exact) mass is 392 g/mol. The molecule has 0 aromatic heterocycles. The second-order valence-corrected chi connectivity index (χ2v) is 7.95. The molecule has 0 atom stereocenters. The van der Waals surface area contributed by atoms with E-state index in [1.54, 1.807) is 12.1 Å². The van der Waals surface area contributed by atoms with Crippen molar-refractivity contribution >= 4 is 6.04 Å². The molecule has 0 radical (unpaired) electrons. The molecule has 0 bridgehead atoms. The van der Waals surface area contributed by atoms with Crippen LogP contribution in [0.3, 0.4) is 0 Å². The molecular formula is C25H41FO2. The number of rotatable bonds is 19. The molecule has 0 aliphatic heterocycles. The zero-order valence-electron chi connectivity index (χ0n) is 18.0. The minimum Gasteiger partial charge on any atom is -0.494 e. The van der Waals surface area contributed by atoms with Crippen LogP contribution in [0.4, 0.5) is 4.39 Å². The smallest absolute Gasteiger partial charge is 0.332 e. The highest BCUT2D eigenvalue weighted by Gasteiger charge is 2.03. The first-order chi connectivity index (χ1) is 13.7. The predicted octanol–water partition coefficient (Wildman–Crippen LogP) is 8.44. The topological polar surface area (TPSA) is 26.3 Å². The van der Waals surface area contributed by atoms with E-state index < -0.39 is 6.04 Å².